The lowest BCUT2D eigenvalue weighted by molar-refractivity contribution is -0.150. The van der Waals surface area contributed by atoms with Crippen LogP contribution in [0.3, 0.4) is 0 Å². The molecule has 0 aliphatic carbocycles. The highest BCUT2D eigenvalue weighted by atomic mass is 16.7. The summed E-state index contributed by atoms with van der Waals surface area (Å²) in [5.41, 5.74) is 3.03. The van der Waals surface area contributed by atoms with Crippen LogP contribution in [0.5, 0.6) is 17.2 Å². The molecule has 2 atom stereocenters. The lowest BCUT2D eigenvalue weighted by Crippen LogP contribution is -2.51. The zero-order valence-electron chi connectivity index (χ0n) is 17.5. The number of aliphatic carboxylic acids is 1. The maximum absolute atomic E-state index is 12.9. The number of H-pyrrole nitrogens is 1. The van der Waals surface area contributed by atoms with Crippen LogP contribution in [-0.4, -0.2) is 46.3 Å². The number of carbonyl (C=O) groups is 2. The van der Waals surface area contributed by atoms with Crippen molar-refractivity contribution in [2.75, 3.05) is 13.4 Å². The van der Waals surface area contributed by atoms with Gasteiger partial charge in [0.2, 0.25) is 12.7 Å². The number of rotatable bonds is 5. The molecule has 0 spiro atoms. The molecular formula is C25H20N2O6. The number of carbonyl (C=O) groups excluding carboxylic acids is 1. The van der Waals surface area contributed by atoms with Gasteiger partial charge >= 0.3 is 5.97 Å². The van der Waals surface area contributed by atoms with E-state index in [0.717, 1.165) is 28.2 Å². The Morgan fingerprint density at radius 1 is 1.27 bits per heavy atom. The summed E-state index contributed by atoms with van der Waals surface area (Å²) in [7, 11) is 0. The number of hydrogen-bond donors (Lipinski definition) is 2. The third-order valence-corrected chi connectivity index (χ3v) is 5.94. The maximum atomic E-state index is 12.9. The lowest BCUT2D eigenvalue weighted by Gasteiger charge is -2.40. The minimum absolute atomic E-state index is 0.106. The number of fused-ring (bicyclic) bond motifs is 4. The van der Waals surface area contributed by atoms with Crippen molar-refractivity contribution in [2.45, 2.75) is 18.5 Å². The molecule has 166 valence electrons. The third-order valence-electron chi connectivity index (χ3n) is 5.94. The number of nitrogens with one attached hydrogen (secondary N) is 1. The molecular weight excluding hydrogens is 424 g/mol. The molecule has 0 saturated carbocycles. The Labute approximate surface area is 189 Å². The molecule has 2 aliphatic rings. The van der Waals surface area contributed by atoms with Crippen molar-refractivity contribution in [3.63, 3.8) is 0 Å². The summed E-state index contributed by atoms with van der Waals surface area (Å²) < 4.78 is 16.5. The van der Waals surface area contributed by atoms with Crippen LogP contribution in [0, 0.1) is 12.3 Å². The second-order valence-corrected chi connectivity index (χ2v) is 7.74. The first-order valence-corrected chi connectivity index (χ1v) is 10.3. The number of ether oxygens (including phenoxy) is 3. The van der Waals surface area contributed by atoms with Gasteiger partial charge in [0.05, 0.1) is 6.04 Å². The molecule has 8 nitrogen and oxygen atoms in total. The highest BCUT2D eigenvalue weighted by molar-refractivity contribution is 5.94. The number of aromatic nitrogens is 1. The van der Waals surface area contributed by atoms with Gasteiger partial charge < -0.3 is 29.2 Å². The molecule has 8 heteroatoms. The fraction of sp³-hybridized carbons (Fsp3) is 0.200. The van der Waals surface area contributed by atoms with Crippen molar-refractivity contribution < 1.29 is 28.9 Å². The highest BCUT2D eigenvalue weighted by Gasteiger charge is 2.43. The van der Waals surface area contributed by atoms with E-state index in [1.807, 2.05) is 18.2 Å². The first kappa shape index (κ1) is 20.5. The summed E-state index contributed by atoms with van der Waals surface area (Å²) >= 11 is 0. The summed E-state index contributed by atoms with van der Waals surface area (Å²) in [6, 6.07) is 9.03. The van der Waals surface area contributed by atoms with Crippen LogP contribution in [-0.2, 0) is 16.0 Å². The molecule has 3 aromatic rings. The fourth-order valence-corrected chi connectivity index (χ4v) is 4.53. The summed E-state index contributed by atoms with van der Waals surface area (Å²) in [4.78, 5) is 30.0. The molecule has 0 radical (unpaired) electrons. The zero-order chi connectivity index (χ0) is 23.1. The Balaban J connectivity index is 1.72. The summed E-state index contributed by atoms with van der Waals surface area (Å²) in [5, 5.41) is 10.9. The minimum atomic E-state index is -1.10. The third kappa shape index (κ3) is 3.34. The van der Waals surface area contributed by atoms with Crippen LogP contribution < -0.4 is 14.2 Å². The number of carboxylic acid groups (broad SMARTS) is 1. The van der Waals surface area contributed by atoms with Gasteiger partial charge in [0.1, 0.15) is 18.4 Å². The van der Waals surface area contributed by atoms with Crippen molar-refractivity contribution in [1.82, 2.24) is 9.88 Å². The van der Waals surface area contributed by atoms with Crippen molar-refractivity contribution in [2.24, 2.45) is 0 Å². The second-order valence-electron chi connectivity index (χ2n) is 7.74. The van der Waals surface area contributed by atoms with Crippen molar-refractivity contribution >= 4 is 22.8 Å². The van der Waals surface area contributed by atoms with E-state index in [9.17, 15) is 14.7 Å². The summed E-state index contributed by atoms with van der Waals surface area (Å²) in [6.45, 7) is 3.81. The van der Waals surface area contributed by atoms with E-state index in [2.05, 4.69) is 17.5 Å². The minimum Gasteiger partial charge on any atom is -0.481 e. The van der Waals surface area contributed by atoms with E-state index in [1.54, 1.807) is 18.2 Å². The Bertz CT molecular complexity index is 1330. The summed E-state index contributed by atoms with van der Waals surface area (Å²) in [6.07, 6.45) is 6.56. The number of amides is 1. The highest BCUT2D eigenvalue weighted by Crippen LogP contribution is 2.44. The molecule has 2 aliphatic heterocycles. The van der Waals surface area contributed by atoms with Crippen molar-refractivity contribution in [3.05, 3.63) is 65.9 Å². The van der Waals surface area contributed by atoms with E-state index in [-0.39, 0.29) is 19.8 Å². The molecule has 0 unspecified atom stereocenters. The molecule has 3 heterocycles. The number of aromatic amines is 1. The SMILES string of the molecule is C#CCOc1ccc2[nH]c3c(c2c1)C[C@@H](C(=O)O)N(C(=O)C=C)[C@@H]3c1ccc2c(c1)OCO2. The molecule has 33 heavy (non-hydrogen) atoms. The number of carboxylic acids is 1. The van der Waals surface area contributed by atoms with Crippen LogP contribution in [0.2, 0.25) is 0 Å². The Kier molecular flexibility index (Phi) is 4.94. The smallest absolute Gasteiger partial charge is 0.326 e. The molecule has 0 fully saturated rings. The predicted octanol–water partition coefficient (Wildman–Crippen LogP) is 3.02. The molecule has 1 amide bonds. The average Bonchev–Trinajstić information content (AvgIpc) is 3.44. The van der Waals surface area contributed by atoms with E-state index >= 15 is 0 Å². The van der Waals surface area contributed by atoms with Gasteiger partial charge in [-0.1, -0.05) is 18.6 Å². The average molecular weight is 444 g/mol. The van der Waals surface area contributed by atoms with Gasteiger partial charge in [-0.2, -0.15) is 0 Å². The molecule has 5 rings (SSSR count). The zero-order valence-corrected chi connectivity index (χ0v) is 17.5. The number of hydrogen-bond acceptors (Lipinski definition) is 5. The van der Waals surface area contributed by atoms with Crippen molar-refractivity contribution in [3.8, 4) is 29.6 Å². The molecule has 2 aromatic carbocycles. The van der Waals surface area contributed by atoms with Gasteiger partial charge in [-0.3, -0.25) is 4.79 Å². The van der Waals surface area contributed by atoms with Gasteiger partial charge in [-0.25, -0.2) is 4.79 Å². The predicted molar refractivity (Wildman–Crippen MR) is 119 cm³/mol. The maximum Gasteiger partial charge on any atom is 0.326 e. The van der Waals surface area contributed by atoms with E-state index in [1.165, 1.54) is 4.90 Å². The molecule has 0 saturated heterocycles. The van der Waals surface area contributed by atoms with Gasteiger partial charge in [-0.05, 0) is 47.5 Å². The number of benzene rings is 2. The van der Waals surface area contributed by atoms with Crippen molar-refractivity contribution in [1.29, 1.82) is 0 Å². The van der Waals surface area contributed by atoms with Crippen LogP contribution in [0.25, 0.3) is 10.9 Å². The monoisotopic (exact) mass is 444 g/mol. The van der Waals surface area contributed by atoms with Gasteiger partial charge in [0.15, 0.2) is 11.5 Å². The topological polar surface area (TPSA) is 101 Å². The van der Waals surface area contributed by atoms with E-state index < -0.39 is 24.0 Å². The standard InChI is InChI=1S/C25H20N2O6/c1-3-9-31-15-6-7-18-16(11-15)17-12-19(25(29)30)27(22(28)4-2)24(23(17)26-18)14-5-8-20-21(10-14)33-13-32-20/h1,4-8,10-11,19,24,26H,2,9,12-13H2,(H,29,30)/t19-,24+/m0/s1. The first-order chi connectivity index (χ1) is 16.0. The quantitative estimate of drug-likeness (QED) is 0.464. The molecule has 1 aromatic heterocycles. The Hall–Kier alpha value is -4.38. The Morgan fingerprint density at radius 3 is 2.85 bits per heavy atom. The Morgan fingerprint density at radius 2 is 2.09 bits per heavy atom. The van der Waals surface area contributed by atoms with Gasteiger partial charge in [0, 0.05) is 23.0 Å². The van der Waals surface area contributed by atoms with E-state index in [0.29, 0.717) is 22.8 Å². The van der Waals surface area contributed by atoms with Gasteiger partial charge in [0.25, 0.3) is 0 Å². The van der Waals surface area contributed by atoms with Crippen LogP contribution in [0.1, 0.15) is 22.9 Å². The normalized spacial score (nSPS) is 18.5. The largest absolute Gasteiger partial charge is 0.481 e. The van der Waals surface area contributed by atoms with Crippen LogP contribution in [0.4, 0.5) is 0 Å². The molecule has 2 N–H and O–H groups in total. The van der Waals surface area contributed by atoms with Crippen LogP contribution in [0.15, 0.2) is 49.1 Å². The molecule has 0 bridgehead atoms. The first-order valence-electron chi connectivity index (χ1n) is 10.3. The van der Waals surface area contributed by atoms with E-state index in [4.69, 9.17) is 20.6 Å². The summed E-state index contributed by atoms with van der Waals surface area (Å²) in [5.74, 6) is 2.57. The second kappa shape index (κ2) is 7.95. The van der Waals surface area contributed by atoms with Gasteiger partial charge in [-0.15, -0.1) is 6.42 Å². The lowest BCUT2D eigenvalue weighted by atomic mass is 9.87. The van der Waals surface area contributed by atoms with Crippen LogP contribution >= 0.6 is 0 Å². The number of terminal acetylenes is 1. The fourth-order valence-electron chi connectivity index (χ4n) is 4.53. The number of nitrogens with zero attached hydrogens (tertiary/aromatic N) is 1.